The van der Waals surface area contributed by atoms with Crippen molar-refractivity contribution in [2.24, 2.45) is 17.8 Å². The van der Waals surface area contributed by atoms with Crippen LogP contribution in [0.1, 0.15) is 20.8 Å². The summed E-state index contributed by atoms with van der Waals surface area (Å²) in [6.45, 7) is 5.35. The van der Waals surface area contributed by atoms with E-state index in [0.29, 0.717) is 0 Å². The number of carbonyl (C=O) groups excluding carboxylic acids is 2. The monoisotopic (exact) mass is 140 g/mol. The van der Waals surface area contributed by atoms with Gasteiger partial charge in [0.25, 0.3) is 0 Å². The summed E-state index contributed by atoms with van der Waals surface area (Å²) in [5.74, 6) is -0.231. The van der Waals surface area contributed by atoms with Gasteiger partial charge in [-0.2, -0.15) is 0 Å². The number of hydrogen-bond acceptors (Lipinski definition) is 2. The van der Waals surface area contributed by atoms with Crippen LogP contribution in [0, 0.1) is 17.8 Å². The van der Waals surface area contributed by atoms with Gasteiger partial charge in [0, 0.05) is 11.8 Å². The number of rotatable bonds is 0. The van der Waals surface area contributed by atoms with Gasteiger partial charge in [0.15, 0.2) is 0 Å². The zero-order valence-electron chi connectivity index (χ0n) is 6.55. The maximum atomic E-state index is 11.1. The van der Waals surface area contributed by atoms with Gasteiger partial charge in [-0.15, -0.1) is 0 Å². The number of ketones is 2. The molecule has 0 aromatic carbocycles. The van der Waals surface area contributed by atoms with Crippen LogP contribution in [0.3, 0.4) is 0 Å². The van der Waals surface area contributed by atoms with Crippen LogP contribution in [0.5, 0.6) is 0 Å². The summed E-state index contributed by atoms with van der Waals surface area (Å²) in [6.07, 6.45) is 0. The lowest BCUT2D eigenvalue weighted by molar-refractivity contribution is -0.127. The van der Waals surface area contributed by atoms with Crippen LogP contribution in [0.15, 0.2) is 0 Å². The molecule has 1 rings (SSSR count). The SMILES string of the molecule is CC1C(=O)[C@H](C)[C@@H](C)C1=O. The van der Waals surface area contributed by atoms with Crippen molar-refractivity contribution in [3.8, 4) is 0 Å². The van der Waals surface area contributed by atoms with Gasteiger partial charge < -0.3 is 0 Å². The van der Waals surface area contributed by atoms with E-state index in [1.807, 2.05) is 13.8 Å². The largest absolute Gasteiger partial charge is 0.299 e. The van der Waals surface area contributed by atoms with Crippen molar-refractivity contribution in [1.82, 2.24) is 0 Å². The zero-order chi connectivity index (χ0) is 7.89. The maximum Gasteiger partial charge on any atom is 0.146 e. The summed E-state index contributed by atoms with van der Waals surface area (Å²) in [6, 6.07) is 0. The normalized spacial score (nSPS) is 35.5. The highest BCUT2D eigenvalue weighted by Crippen LogP contribution is 2.28. The molecule has 0 aromatic rings. The molecular formula is C8H12O2. The molecule has 0 spiro atoms. The average Bonchev–Trinajstić information content (AvgIpc) is 2.07. The van der Waals surface area contributed by atoms with Gasteiger partial charge >= 0.3 is 0 Å². The molecule has 1 saturated carbocycles. The van der Waals surface area contributed by atoms with Gasteiger partial charge in [-0.1, -0.05) is 13.8 Å². The predicted octanol–water partition coefficient (Wildman–Crippen LogP) is 1.05. The van der Waals surface area contributed by atoms with E-state index in [1.54, 1.807) is 6.92 Å². The van der Waals surface area contributed by atoms with Gasteiger partial charge in [0.05, 0.1) is 5.92 Å². The number of carbonyl (C=O) groups is 2. The van der Waals surface area contributed by atoms with Crippen molar-refractivity contribution >= 4 is 11.6 Å². The molecule has 0 aromatic heterocycles. The Bertz CT molecular complexity index is 164. The van der Waals surface area contributed by atoms with E-state index in [-0.39, 0.29) is 29.3 Å². The summed E-state index contributed by atoms with van der Waals surface area (Å²) < 4.78 is 0. The van der Waals surface area contributed by atoms with E-state index in [0.717, 1.165) is 0 Å². The Hall–Kier alpha value is -0.660. The van der Waals surface area contributed by atoms with Gasteiger partial charge in [0.2, 0.25) is 0 Å². The van der Waals surface area contributed by atoms with Crippen molar-refractivity contribution in [3.63, 3.8) is 0 Å². The van der Waals surface area contributed by atoms with E-state index < -0.39 is 0 Å². The van der Waals surface area contributed by atoms with Gasteiger partial charge in [0.1, 0.15) is 11.6 Å². The molecule has 0 radical (unpaired) electrons. The Morgan fingerprint density at radius 2 is 1.20 bits per heavy atom. The van der Waals surface area contributed by atoms with Gasteiger partial charge in [-0.3, -0.25) is 9.59 Å². The highest BCUT2D eigenvalue weighted by molar-refractivity contribution is 6.10. The molecule has 0 unspecified atom stereocenters. The van der Waals surface area contributed by atoms with Gasteiger partial charge in [-0.25, -0.2) is 0 Å². The van der Waals surface area contributed by atoms with Crippen molar-refractivity contribution in [2.75, 3.05) is 0 Å². The van der Waals surface area contributed by atoms with E-state index in [4.69, 9.17) is 0 Å². The van der Waals surface area contributed by atoms with Crippen molar-refractivity contribution < 1.29 is 9.59 Å². The first kappa shape index (κ1) is 7.45. The smallest absolute Gasteiger partial charge is 0.146 e. The van der Waals surface area contributed by atoms with Crippen LogP contribution in [-0.2, 0) is 9.59 Å². The third kappa shape index (κ3) is 0.789. The van der Waals surface area contributed by atoms with Crippen LogP contribution < -0.4 is 0 Å². The average molecular weight is 140 g/mol. The topological polar surface area (TPSA) is 34.1 Å². The van der Waals surface area contributed by atoms with Crippen molar-refractivity contribution in [3.05, 3.63) is 0 Å². The molecule has 0 amide bonds. The predicted molar refractivity (Wildman–Crippen MR) is 37.5 cm³/mol. The third-order valence-electron chi connectivity index (χ3n) is 2.50. The fourth-order valence-corrected chi connectivity index (χ4v) is 1.42. The molecular weight excluding hydrogens is 128 g/mol. The Morgan fingerprint density at radius 3 is 1.30 bits per heavy atom. The van der Waals surface area contributed by atoms with E-state index >= 15 is 0 Å². The quantitative estimate of drug-likeness (QED) is 0.471. The summed E-state index contributed by atoms with van der Waals surface area (Å²) in [7, 11) is 0. The summed E-state index contributed by atoms with van der Waals surface area (Å²) >= 11 is 0. The maximum absolute atomic E-state index is 11.1. The second-order valence-corrected chi connectivity index (χ2v) is 3.10. The van der Waals surface area contributed by atoms with Crippen LogP contribution in [0.2, 0.25) is 0 Å². The molecule has 0 heterocycles. The third-order valence-corrected chi connectivity index (χ3v) is 2.50. The standard InChI is InChI=1S/C8H12O2/c1-4-5(2)8(10)6(3)7(4)9/h4-6H,1-3H3/t4-,5-/m1/s1. The molecule has 0 bridgehead atoms. The minimum absolute atomic E-state index is 0.0532. The fraction of sp³-hybridized carbons (Fsp3) is 0.750. The molecule has 0 N–H and O–H groups in total. The molecule has 1 aliphatic rings. The molecule has 1 aliphatic carbocycles. The molecule has 10 heavy (non-hydrogen) atoms. The highest BCUT2D eigenvalue weighted by Gasteiger charge is 2.41. The molecule has 2 atom stereocenters. The second-order valence-electron chi connectivity index (χ2n) is 3.10. The lowest BCUT2D eigenvalue weighted by Gasteiger charge is -2.02. The Balaban J connectivity index is 2.89. The van der Waals surface area contributed by atoms with Gasteiger partial charge in [-0.05, 0) is 6.92 Å². The summed E-state index contributed by atoms with van der Waals surface area (Å²) in [5, 5.41) is 0. The van der Waals surface area contributed by atoms with Crippen LogP contribution in [0.4, 0.5) is 0 Å². The molecule has 2 heteroatoms. The molecule has 0 saturated heterocycles. The molecule has 1 fully saturated rings. The van der Waals surface area contributed by atoms with E-state index in [9.17, 15) is 9.59 Å². The lowest BCUT2D eigenvalue weighted by Crippen LogP contribution is -2.11. The summed E-state index contributed by atoms with van der Waals surface area (Å²) in [5.41, 5.74) is 0. The van der Waals surface area contributed by atoms with E-state index in [1.165, 1.54) is 0 Å². The van der Waals surface area contributed by atoms with E-state index in [2.05, 4.69) is 0 Å². The fourth-order valence-electron chi connectivity index (χ4n) is 1.42. The number of Topliss-reactive ketones (excluding diaryl/α,β-unsaturated/α-hetero) is 2. The van der Waals surface area contributed by atoms with Crippen molar-refractivity contribution in [2.45, 2.75) is 20.8 Å². The first-order chi connectivity index (χ1) is 4.55. The summed E-state index contributed by atoms with van der Waals surface area (Å²) in [4.78, 5) is 22.2. The molecule has 0 aliphatic heterocycles. The highest BCUT2D eigenvalue weighted by atomic mass is 16.2. The molecule has 56 valence electrons. The van der Waals surface area contributed by atoms with Crippen molar-refractivity contribution in [1.29, 1.82) is 0 Å². The molecule has 2 nitrogen and oxygen atoms in total. The minimum atomic E-state index is -0.343. The Morgan fingerprint density at radius 1 is 0.900 bits per heavy atom. The van der Waals surface area contributed by atoms with Crippen LogP contribution in [0.25, 0.3) is 0 Å². The Labute approximate surface area is 60.6 Å². The lowest BCUT2D eigenvalue weighted by atomic mass is 10.00. The minimum Gasteiger partial charge on any atom is -0.299 e. The van der Waals surface area contributed by atoms with Crippen LogP contribution >= 0.6 is 0 Å². The first-order valence-electron chi connectivity index (χ1n) is 3.63. The Kier molecular flexibility index (Phi) is 1.63. The first-order valence-corrected chi connectivity index (χ1v) is 3.63. The number of hydrogen-bond donors (Lipinski definition) is 0. The second kappa shape index (κ2) is 2.19. The van der Waals surface area contributed by atoms with Crippen LogP contribution in [-0.4, -0.2) is 11.6 Å². The zero-order valence-corrected chi connectivity index (χ0v) is 6.55.